The lowest BCUT2D eigenvalue weighted by Gasteiger charge is -2.66. The Labute approximate surface area is 418 Å². The van der Waals surface area contributed by atoms with E-state index in [9.17, 15) is 30.3 Å². The molecule has 19 atom stereocenters. The molecule has 1 aromatic rings. The van der Waals surface area contributed by atoms with Crippen LogP contribution in [0.3, 0.4) is 0 Å². The summed E-state index contributed by atoms with van der Waals surface area (Å²) in [7, 11) is 3.78. The van der Waals surface area contributed by atoms with Gasteiger partial charge in [-0.2, -0.15) is 0 Å². The molecule has 1 spiro atoms. The highest BCUT2D eigenvalue weighted by atomic mass is 33.1. The topological polar surface area (TPSA) is 186 Å². The minimum absolute atomic E-state index is 0.0144. The Kier molecular flexibility index (Phi) is 11.8. The van der Waals surface area contributed by atoms with Crippen molar-refractivity contribution in [2.75, 3.05) is 18.1 Å². The third kappa shape index (κ3) is 6.79. The average Bonchev–Trinajstić information content (AvgIpc) is 4.04. The van der Waals surface area contributed by atoms with Crippen LogP contribution in [-0.2, 0) is 4.79 Å². The summed E-state index contributed by atoms with van der Waals surface area (Å²) in [6, 6.07) is 0.188. The second kappa shape index (κ2) is 17.0. The molecule has 8 fully saturated rings. The Bertz CT molecular complexity index is 2340. The van der Waals surface area contributed by atoms with Crippen molar-refractivity contribution in [3.05, 3.63) is 52.7 Å². The summed E-state index contributed by atoms with van der Waals surface area (Å²) in [6.45, 7) is 11.5. The van der Waals surface area contributed by atoms with Crippen molar-refractivity contribution in [2.45, 2.75) is 174 Å². The number of hydrogen-bond donors (Lipinski definition) is 7. The zero-order valence-electron chi connectivity index (χ0n) is 41.9. The standard InChI is InChI=1S/C56H81N5O6S2/c1-29(62)60-51(57)59-25-36-37-14-13-33-32-10-8-11-34-44(32)46-49(35-12-9-17-55(47(34)35)15-6-7-16-55)52(2,3)23-31(61-19-18-58-28-61)27-69-68-26-30-20-39(45(33)50(46)66)54(37,5)56(30,67)40-22-41(63)38-21-42(64)43(65)24-53(38,4)48(36)40/h18-19,22,28-33,36-39,42-43,45-48,50,62,64-67H,6-17,20-21,23-27H2,1-5H3,(H3,57,59,60). The molecule has 0 amide bonds. The van der Waals surface area contributed by atoms with Crippen LogP contribution in [0.15, 0.2) is 57.7 Å². The van der Waals surface area contributed by atoms with Gasteiger partial charge in [-0.25, -0.2) is 4.98 Å². The van der Waals surface area contributed by atoms with Gasteiger partial charge in [-0.3, -0.25) is 9.79 Å². The van der Waals surface area contributed by atoms with E-state index in [2.05, 4.69) is 48.8 Å². The van der Waals surface area contributed by atoms with Crippen molar-refractivity contribution in [1.82, 2.24) is 14.9 Å². The largest absolute Gasteiger partial charge is 0.392 e. The van der Waals surface area contributed by atoms with Gasteiger partial charge in [-0.05, 0) is 166 Å². The van der Waals surface area contributed by atoms with Crippen molar-refractivity contribution < 1.29 is 30.3 Å². The van der Waals surface area contributed by atoms with Gasteiger partial charge in [0.05, 0.1) is 30.2 Å². The molecule has 12 rings (SSSR count). The SMILES string of the molecule is CC(O)NC(N)=NCC1C2C(=CC(=O)C3CC(O)C(O)CC32C)C2(O)C3CSSCC(n4ccnc4)CC(C)(C)C4=C5CCCC6(CCCC6)C5C5=C6C(CCC5)C5CCC1C2(C)C(C3)C5C(O)C64. The van der Waals surface area contributed by atoms with Crippen LogP contribution in [0.4, 0.5) is 0 Å². The Hall–Kier alpha value is -2.13. The molecular formula is C56H81N5O6S2. The van der Waals surface area contributed by atoms with E-state index in [-0.39, 0.29) is 83.4 Å². The normalized spacial score (nSPS) is 48.0. The first-order valence-corrected chi connectivity index (χ1v) is 29.9. The highest BCUT2D eigenvalue weighted by Crippen LogP contribution is 2.78. The van der Waals surface area contributed by atoms with Gasteiger partial charge in [-0.15, -0.1) is 0 Å². The maximum absolute atomic E-state index is 14.9. The van der Waals surface area contributed by atoms with Gasteiger partial charge in [0, 0.05) is 65.6 Å². The third-order valence-corrected chi connectivity index (χ3v) is 25.1. The highest BCUT2D eigenvalue weighted by Gasteiger charge is 2.77. The lowest BCUT2D eigenvalue weighted by Crippen LogP contribution is -2.68. The third-order valence-electron chi connectivity index (χ3n) is 22.6. The summed E-state index contributed by atoms with van der Waals surface area (Å²) in [6.07, 6.45) is 20.8. The molecule has 11 aliphatic rings. The zero-order valence-corrected chi connectivity index (χ0v) is 43.5. The molecule has 10 aliphatic carbocycles. The summed E-state index contributed by atoms with van der Waals surface area (Å²) in [5, 5.41) is 64.9. The monoisotopic (exact) mass is 984 g/mol. The number of fused-ring (bicyclic) bond motifs is 10. The van der Waals surface area contributed by atoms with Gasteiger partial charge in [0.25, 0.3) is 0 Å². The first kappa shape index (κ1) is 47.8. The zero-order chi connectivity index (χ0) is 48.2. The van der Waals surface area contributed by atoms with Gasteiger partial charge in [0.15, 0.2) is 11.7 Å². The molecule has 13 heteroatoms. The maximum atomic E-state index is 14.9. The van der Waals surface area contributed by atoms with E-state index < -0.39 is 46.9 Å². The molecule has 69 heavy (non-hydrogen) atoms. The summed E-state index contributed by atoms with van der Waals surface area (Å²) in [5.74, 6) is 1.55. The molecule has 7 saturated carbocycles. The second-order valence-corrected chi connectivity index (χ2v) is 28.5. The number of aromatic nitrogens is 2. The summed E-state index contributed by atoms with van der Waals surface area (Å²) in [5.41, 5.74) is 11.3. The van der Waals surface area contributed by atoms with Gasteiger partial charge in [-0.1, -0.05) is 84.4 Å². The molecule has 8 N–H and O–H groups in total. The van der Waals surface area contributed by atoms with E-state index >= 15 is 0 Å². The summed E-state index contributed by atoms with van der Waals surface area (Å²) in [4.78, 5) is 24.5. The molecule has 2 heterocycles. The number of allylic oxidation sites excluding steroid dienone is 3. The van der Waals surface area contributed by atoms with Crippen molar-refractivity contribution in [3.63, 3.8) is 0 Å². The van der Waals surface area contributed by atoms with Crippen LogP contribution in [0.5, 0.6) is 0 Å². The fraction of sp³-hybridized carbons (Fsp3) is 0.804. The molecule has 4 bridgehead atoms. The Morgan fingerprint density at radius 3 is 2.46 bits per heavy atom. The first-order valence-electron chi connectivity index (χ1n) is 27.4. The van der Waals surface area contributed by atoms with E-state index in [4.69, 9.17) is 10.7 Å². The minimum Gasteiger partial charge on any atom is -0.392 e. The number of nitrogens with two attached hydrogens (primary N) is 1. The lowest BCUT2D eigenvalue weighted by atomic mass is 9.39. The van der Waals surface area contributed by atoms with E-state index in [1.807, 2.05) is 40.2 Å². The smallest absolute Gasteiger partial charge is 0.190 e. The number of ketones is 1. The molecule has 0 radical (unpaired) electrons. The number of aliphatic hydroxyl groups excluding tert-OH is 4. The Balaban J connectivity index is 1.08. The molecule has 11 nitrogen and oxygen atoms in total. The van der Waals surface area contributed by atoms with Crippen molar-refractivity contribution in [1.29, 1.82) is 0 Å². The number of nitrogens with zero attached hydrogens (tertiary/aromatic N) is 3. The number of nitrogens with one attached hydrogen (secondary N) is 1. The number of hydrogen-bond acceptors (Lipinski definition) is 10. The van der Waals surface area contributed by atoms with Crippen molar-refractivity contribution >= 4 is 33.3 Å². The number of imidazole rings is 1. The molecule has 1 aliphatic heterocycles. The van der Waals surface area contributed by atoms with Crippen LogP contribution < -0.4 is 11.1 Å². The fourth-order valence-electron chi connectivity index (χ4n) is 20.4. The van der Waals surface area contributed by atoms with Gasteiger partial charge < -0.3 is 41.2 Å². The van der Waals surface area contributed by atoms with Gasteiger partial charge in [0.2, 0.25) is 0 Å². The van der Waals surface area contributed by atoms with E-state index in [0.29, 0.717) is 29.5 Å². The first-order chi connectivity index (χ1) is 32.9. The van der Waals surface area contributed by atoms with Crippen LogP contribution in [0.25, 0.3) is 0 Å². The number of aliphatic hydroxyl groups is 5. The van der Waals surface area contributed by atoms with Gasteiger partial charge in [0.1, 0.15) is 6.23 Å². The molecule has 0 aromatic carbocycles. The highest BCUT2D eigenvalue weighted by molar-refractivity contribution is 8.76. The predicted octanol–water partition coefficient (Wildman–Crippen LogP) is 8.15. The molecule has 19 unspecified atom stereocenters. The van der Waals surface area contributed by atoms with E-state index in [1.165, 1.54) is 44.9 Å². The lowest BCUT2D eigenvalue weighted by molar-refractivity contribution is -0.191. The van der Waals surface area contributed by atoms with Crippen molar-refractivity contribution in [2.24, 2.45) is 97.5 Å². The Morgan fingerprint density at radius 2 is 1.71 bits per heavy atom. The molecule has 378 valence electrons. The van der Waals surface area contributed by atoms with Crippen molar-refractivity contribution in [3.8, 4) is 0 Å². The fourth-order valence-corrected chi connectivity index (χ4v) is 23.2. The van der Waals surface area contributed by atoms with Crippen LogP contribution in [0, 0.1) is 86.8 Å². The second-order valence-electron chi connectivity index (χ2n) is 25.9. The maximum Gasteiger partial charge on any atom is 0.190 e. The number of carbonyl (C=O) groups is 1. The summed E-state index contributed by atoms with van der Waals surface area (Å²) >= 11 is 0. The molecule has 1 saturated heterocycles. The summed E-state index contributed by atoms with van der Waals surface area (Å²) < 4.78 is 2.33. The number of rotatable bonds is 4. The van der Waals surface area contributed by atoms with E-state index in [0.717, 1.165) is 56.3 Å². The average molecular weight is 984 g/mol. The van der Waals surface area contributed by atoms with Crippen LogP contribution in [0.2, 0.25) is 0 Å². The molecular weight excluding hydrogens is 903 g/mol. The Morgan fingerprint density at radius 1 is 0.957 bits per heavy atom. The predicted molar refractivity (Wildman–Crippen MR) is 272 cm³/mol. The minimum atomic E-state index is -1.36. The van der Waals surface area contributed by atoms with Crippen LogP contribution >= 0.6 is 21.6 Å². The quantitative estimate of drug-likeness (QED) is 0.0508. The van der Waals surface area contributed by atoms with Gasteiger partial charge >= 0.3 is 0 Å². The number of guanidine groups is 1. The number of carbonyl (C=O) groups excluding carboxylic acids is 1. The van der Waals surface area contributed by atoms with Crippen LogP contribution in [0.1, 0.15) is 143 Å². The van der Waals surface area contributed by atoms with E-state index in [1.54, 1.807) is 29.2 Å². The van der Waals surface area contributed by atoms with Crippen LogP contribution in [-0.4, -0.2) is 95.0 Å². The number of aliphatic imine (C=N–C) groups is 1. The molecule has 1 aromatic heterocycles.